The monoisotopic (exact) mass is 448 g/mol. The zero-order valence-electron chi connectivity index (χ0n) is 17.4. The first kappa shape index (κ1) is 22.6. The summed E-state index contributed by atoms with van der Waals surface area (Å²) in [7, 11) is -2.30. The Morgan fingerprint density at radius 3 is 2.61 bits per heavy atom. The molecule has 3 heterocycles. The number of halogens is 2. The molecule has 0 amide bonds. The van der Waals surface area contributed by atoms with E-state index in [0.717, 1.165) is 12.3 Å². The number of nitrogens with zero attached hydrogens (tertiary/aromatic N) is 3. The van der Waals surface area contributed by atoms with Gasteiger partial charge in [0.1, 0.15) is 17.5 Å². The van der Waals surface area contributed by atoms with E-state index >= 15 is 0 Å². The van der Waals surface area contributed by atoms with Crippen molar-refractivity contribution in [3.8, 4) is 17.3 Å². The van der Waals surface area contributed by atoms with Crippen LogP contribution in [0.5, 0.6) is 0 Å². The van der Waals surface area contributed by atoms with E-state index in [2.05, 4.69) is 25.0 Å². The van der Waals surface area contributed by atoms with E-state index in [4.69, 9.17) is 0 Å². The molecule has 0 aliphatic carbocycles. The first-order chi connectivity index (χ1) is 14.4. The van der Waals surface area contributed by atoms with Gasteiger partial charge in [0.25, 0.3) is 0 Å². The number of aromatic nitrogens is 3. The molecule has 0 fully saturated rings. The molecule has 0 aliphatic rings. The van der Waals surface area contributed by atoms with Gasteiger partial charge in [0.2, 0.25) is 10.0 Å². The summed E-state index contributed by atoms with van der Waals surface area (Å²) in [6.07, 6.45) is 2.56. The zero-order chi connectivity index (χ0) is 23.0. The molecule has 3 rings (SSSR count). The summed E-state index contributed by atoms with van der Waals surface area (Å²) in [5.41, 5.74) is 0.253. The third kappa shape index (κ3) is 4.81. The minimum Gasteiger partial charge on any atom is -0.363 e. The Morgan fingerprint density at radius 2 is 2.00 bits per heavy atom. The van der Waals surface area contributed by atoms with Gasteiger partial charge in [-0.3, -0.25) is 0 Å². The van der Waals surface area contributed by atoms with E-state index in [9.17, 15) is 22.5 Å². The van der Waals surface area contributed by atoms with E-state index in [1.807, 2.05) is 26.8 Å². The molecule has 164 valence electrons. The van der Waals surface area contributed by atoms with Crippen molar-refractivity contribution in [1.29, 1.82) is 5.26 Å². The number of aromatic amines is 1. The summed E-state index contributed by atoms with van der Waals surface area (Å²) >= 11 is 0. The summed E-state index contributed by atoms with van der Waals surface area (Å²) in [6, 6.07) is 3.46. The van der Waals surface area contributed by atoms with Gasteiger partial charge in [0.15, 0.2) is 11.6 Å². The number of sulfonamides is 1. The summed E-state index contributed by atoms with van der Waals surface area (Å²) < 4.78 is 55.0. The molecule has 0 aromatic carbocycles. The van der Waals surface area contributed by atoms with Gasteiger partial charge in [-0.1, -0.05) is 20.8 Å². The van der Waals surface area contributed by atoms with Crippen molar-refractivity contribution in [1.82, 2.24) is 19.7 Å². The van der Waals surface area contributed by atoms with Crippen LogP contribution in [0.15, 0.2) is 24.5 Å². The fourth-order valence-corrected chi connectivity index (χ4v) is 4.22. The highest BCUT2D eigenvalue weighted by atomic mass is 32.2. The molecule has 0 bridgehead atoms. The number of nitriles is 1. The van der Waals surface area contributed by atoms with E-state index in [-0.39, 0.29) is 22.8 Å². The maximum absolute atomic E-state index is 14.8. The van der Waals surface area contributed by atoms with Gasteiger partial charge in [-0.05, 0) is 24.6 Å². The average Bonchev–Trinajstić information content (AvgIpc) is 3.10. The highest BCUT2D eigenvalue weighted by Gasteiger charge is 2.31. The quantitative estimate of drug-likeness (QED) is 0.532. The van der Waals surface area contributed by atoms with Gasteiger partial charge in [-0.15, -0.1) is 0 Å². The zero-order valence-corrected chi connectivity index (χ0v) is 18.2. The van der Waals surface area contributed by atoms with Crippen molar-refractivity contribution in [2.24, 2.45) is 5.41 Å². The molecular formula is C20H22F2N6O2S. The van der Waals surface area contributed by atoms with Crippen molar-refractivity contribution >= 4 is 26.9 Å². The lowest BCUT2D eigenvalue weighted by Crippen LogP contribution is -2.43. The first-order valence-electron chi connectivity index (χ1n) is 9.36. The Hall–Kier alpha value is -3.10. The second-order valence-electron chi connectivity index (χ2n) is 8.13. The minimum atomic E-state index is -3.60. The van der Waals surface area contributed by atoms with E-state index in [0.29, 0.717) is 16.6 Å². The number of fused-ring (bicyclic) bond motifs is 1. The van der Waals surface area contributed by atoms with Crippen LogP contribution >= 0.6 is 0 Å². The smallest absolute Gasteiger partial charge is 0.213 e. The predicted octanol–water partition coefficient (Wildman–Crippen LogP) is 3.15. The number of rotatable bonds is 6. The fraction of sp³-hybridized carbons (Fsp3) is 0.350. The van der Waals surface area contributed by atoms with Gasteiger partial charge in [0, 0.05) is 23.2 Å². The molecule has 3 N–H and O–H groups in total. The summed E-state index contributed by atoms with van der Waals surface area (Å²) in [5, 5.41) is 12.7. The number of pyridine rings is 2. The molecule has 8 nitrogen and oxygen atoms in total. The van der Waals surface area contributed by atoms with E-state index in [1.54, 1.807) is 0 Å². The fourth-order valence-electron chi connectivity index (χ4n) is 3.03. The Kier molecular flexibility index (Phi) is 5.98. The van der Waals surface area contributed by atoms with Crippen molar-refractivity contribution in [2.45, 2.75) is 26.8 Å². The van der Waals surface area contributed by atoms with Crippen LogP contribution in [0.1, 0.15) is 26.3 Å². The Morgan fingerprint density at radius 1 is 1.29 bits per heavy atom. The lowest BCUT2D eigenvalue weighted by Gasteiger charge is -2.31. The molecular weight excluding hydrogens is 426 g/mol. The number of hydrogen-bond donors (Lipinski definition) is 3. The van der Waals surface area contributed by atoms with Crippen LogP contribution in [0.2, 0.25) is 0 Å². The largest absolute Gasteiger partial charge is 0.363 e. The van der Waals surface area contributed by atoms with E-state index < -0.39 is 33.1 Å². The average molecular weight is 448 g/mol. The van der Waals surface area contributed by atoms with Crippen molar-refractivity contribution in [2.75, 3.05) is 18.1 Å². The van der Waals surface area contributed by atoms with Crippen LogP contribution in [0.25, 0.3) is 22.3 Å². The van der Waals surface area contributed by atoms with Gasteiger partial charge in [-0.2, -0.15) is 5.26 Å². The Balaban J connectivity index is 2.12. The maximum atomic E-state index is 14.8. The molecule has 3 aromatic rings. The molecule has 0 spiro atoms. The topological polar surface area (TPSA) is 124 Å². The van der Waals surface area contributed by atoms with Crippen molar-refractivity contribution in [3.05, 3.63) is 41.7 Å². The van der Waals surface area contributed by atoms with Crippen LogP contribution in [-0.2, 0) is 10.0 Å². The lowest BCUT2D eigenvalue weighted by atomic mass is 9.88. The molecule has 11 heteroatoms. The summed E-state index contributed by atoms with van der Waals surface area (Å²) in [5.74, 6) is -1.90. The molecule has 0 aliphatic heterocycles. The van der Waals surface area contributed by atoms with Crippen molar-refractivity contribution < 1.29 is 17.2 Å². The maximum Gasteiger partial charge on any atom is 0.213 e. The van der Waals surface area contributed by atoms with Crippen LogP contribution < -0.4 is 10.0 Å². The second-order valence-corrected chi connectivity index (χ2v) is 10.1. The van der Waals surface area contributed by atoms with Crippen LogP contribution in [0.4, 0.5) is 14.6 Å². The number of H-pyrrole nitrogens is 1. The van der Waals surface area contributed by atoms with Gasteiger partial charge in [-0.25, -0.2) is 31.9 Å². The molecule has 0 saturated heterocycles. The lowest BCUT2D eigenvalue weighted by molar-refractivity contribution is 0.357. The molecule has 0 radical (unpaired) electrons. The Labute approximate surface area is 178 Å². The molecule has 0 saturated carbocycles. The summed E-state index contributed by atoms with van der Waals surface area (Å²) in [6.45, 7) is 5.44. The first-order valence-corrected chi connectivity index (χ1v) is 11.0. The van der Waals surface area contributed by atoms with Crippen molar-refractivity contribution in [3.63, 3.8) is 0 Å². The standard InChI is InChI=1S/C20H22F2N6O2S/c1-20(2,3)16(10-31(29,30)24-4)27-19-15(22)5-11(7-23)17(28-19)14-9-26-18-13(14)6-12(21)8-25-18/h5-6,8-9,16,24H,10H2,1-4H3,(H,25,26)(H,27,28). The van der Waals surface area contributed by atoms with Crippen LogP contribution in [-0.4, -0.2) is 42.2 Å². The molecule has 1 unspecified atom stereocenters. The van der Waals surface area contributed by atoms with Gasteiger partial charge >= 0.3 is 0 Å². The second kappa shape index (κ2) is 8.20. The summed E-state index contributed by atoms with van der Waals surface area (Å²) in [4.78, 5) is 11.1. The molecule has 3 aromatic heterocycles. The Bertz CT molecular complexity index is 1280. The molecule has 1 atom stereocenters. The highest BCUT2D eigenvalue weighted by molar-refractivity contribution is 7.89. The van der Waals surface area contributed by atoms with Gasteiger partial charge in [0.05, 0.1) is 23.2 Å². The number of nitrogens with one attached hydrogen (secondary N) is 3. The van der Waals surface area contributed by atoms with E-state index in [1.165, 1.54) is 19.3 Å². The molecule has 31 heavy (non-hydrogen) atoms. The van der Waals surface area contributed by atoms with Gasteiger partial charge < -0.3 is 10.3 Å². The van der Waals surface area contributed by atoms with Crippen LogP contribution in [0.3, 0.4) is 0 Å². The number of hydrogen-bond acceptors (Lipinski definition) is 6. The third-order valence-electron chi connectivity index (χ3n) is 4.90. The van der Waals surface area contributed by atoms with Crippen LogP contribution in [0, 0.1) is 28.4 Å². The predicted molar refractivity (Wildman–Crippen MR) is 114 cm³/mol. The highest BCUT2D eigenvalue weighted by Crippen LogP contribution is 2.32. The normalized spacial score (nSPS) is 13.2. The third-order valence-corrected chi connectivity index (χ3v) is 6.30. The SMILES string of the molecule is CNS(=O)(=O)CC(Nc1nc(-c2c[nH]c3ncc(F)cc23)c(C#N)cc1F)C(C)(C)C. The minimum absolute atomic E-state index is 0.0524. The number of anilines is 1.